The topological polar surface area (TPSA) is 18.5 Å². The average Bonchev–Trinajstić information content (AvgIpc) is 2.42. The van der Waals surface area contributed by atoms with Crippen LogP contribution < -0.4 is 9.47 Å². The highest BCUT2D eigenvalue weighted by Gasteiger charge is 2.32. The van der Waals surface area contributed by atoms with E-state index in [1.807, 2.05) is 0 Å². The van der Waals surface area contributed by atoms with Crippen LogP contribution in [0.5, 0.6) is 11.5 Å². The first kappa shape index (κ1) is 14.0. The minimum atomic E-state index is 0.511. The molecular weight excluding hydrogens is 260 g/mol. The van der Waals surface area contributed by atoms with Crippen molar-refractivity contribution in [3.63, 3.8) is 0 Å². The lowest BCUT2D eigenvalue weighted by molar-refractivity contribution is 0.412. The molecule has 2 aromatic rings. The lowest BCUT2D eigenvalue weighted by atomic mass is 9.69. The van der Waals surface area contributed by atoms with Crippen LogP contribution in [0.25, 0.3) is 0 Å². The van der Waals surface area contributed by atoms with Gasteiger partial charge in [0.25, 0.3) is 0 Å². The second kappa shape index (κ2) is 5.10. The molecule has 2 nitrogen and oxygen atoms in total. The first-order valence-electron chi connectivity index (χ1n) is 7.37. The summed E-state index contributed by atoms with van der Waals surface area (Å²) in [6.45, 7) is 6.55. The van der Waals surface area contributed by atoms with Gasteiger partial charge in [0.05, 0.1) is 14.2 Å². The van der Waals surface area contributed by atoms with Crippen LogP contribution in [0, 0.1) is 20.8 Å². The number of hydrogen-bond acceptors (Lipinski definition) is 2. The highest BCUT2D eigenvalue weighted by Crippen LogP contribution is 2.46. The van der Waals surface area contributed by atoms with Crippen LogP contribution in [-0.4, -0.2) is 14.2 Å². The normalized spacial score (nSPS) is 16.1. The maximum atomic E-state index is 5.37. The van der Waals surface area contributed by atoms with Crippen molar-refractivity contribution in [2.75, 3.05) is 14.2 Å². The minimum Gasteiger partial charge on any atom is -0.497 e. The van der Waals surface area contributed by atoms with Crippen LogP contribution in [0.4, 0.5) is 0 Å². The zero-order chi connectivity index (χ0) is 15.1. The van der Waals surface area contributed by atoms with Crippen molar-refractivity contribution in [2.45, 2.75) is 33.1 Å². The Morgan fingerprint density at radius 3 is 1.71 bits per heavy atom. The van der Waals surface area contributed by atoms with Gasteiger partial charge in [0.15, 0.2) is 0 Å². The Kier molecular flexibility index (Phi) is 3.40. The lowest BCUT2D eigenvalue weighted by Crippen LogP contribution is -2.22. The van der Waals surface area contributed by atoms with Gasteiger partial charge in [-0.15, -0.1) is 0 Å². The Morgan fingerprint density at radius 2 is 1.24 bits per heavy atom. The van der Waals surface area contributed by atoms with E-state index in [4.69, 9.17) is 9.47 Å². The number of ether oxygens (including phenoxy) is 2. The van der Waals surface area contributed by atoms with E-state index in [0.717, 1.165) is 17.9 Å². The van der Waals surface area contributed by atoms with Crippen LogP contribution in [0.2, 0.25) is 0 Å². The van der Waals surface area contributed by atoms with E-state index < -0.39 is 0 Å². The van der Waals surface area contributed by atoms with E-state index >= 15 is 0 Å². The third-order valence-electron chi connectivity index (χ3n) is 4.61. The molecule has 0 saturated heterocycles. The molecule has 0 amide bonds. The van der Waals surface area contributed by atoms with Crippen molar-refractivity contribution in [3.05, 3.63) is 57.6 Å². The van der Waals surface area contributed by atoms with Crippen molar-refractivity contribution >= 4 is 0 Å². The van der Waals surface area contributed by atoms with Crippen molar-refractivity contribution in [1.82, 2.24) is 0 Å². The molecule has 0 bridgehead atoms. The van der Waals surface area contributed by atoms with E-state index in [2.05, 4.69) is 45.0 Å². The van der Waals surface area contributed by atoms with Gasteiger partial charge >= 0.3 is 0 Å². The highest BCUT2D eigenvalue weighted by atomic mass is 16.5. The quantitative estimate of drug-likeness (QED) is 0.835. The largest absolute Gasteiger partial charge is 0.497 e. The summed E-state index contributed by atoms with van der Waals surface area (Å²) in [4.78, 5) is 0. The third-order valence-corrected chi connectivity index (χ3v) is 4.61. The van der Waals surface area contributed by atoms with E-state index in [1.54, 1.807) is 14.2 Å². The van der Waals surface area contributed by atoms with Gasteiger partial charge in [-0.05, 0) is 84.8 Å². The predicted molar refractivity (Wildman–Crippen MR) is 85.7 cm³/mol. The monoisotopic (exact) mass is 282 g/mol. The molecular formula is C19H22O2. The van der Waals surface area contributed by atoms with Gasteiger partial charge in [0, 0.05) is 5.92 Å². The van der Waals surface area contributed by atoms with Crippen LogP contribution >= 0.6 is 0 Å². The number of benzene rings is 2. The summed E-state index contributed by atoms with van der Waals surface area (Å²) < 4.78 is 10.7. The first-order chi connectivity index (χ1) is 10.0. The molecule has 0 heterocycles. The van der Waals surface area contributed by atoms with Gasteiger partial charge < -0.3 is 9.47 Å². The smallest absolute Gasteiger partial charge is 0.119 e. The second-order valence-corrected chi connectivity index (χ2v) is 5.95. The molecule has 0 aromatic heterocycles. The number of methoxy groups -OCH3 is 2. The fourth-order valence-electron chi connectivity index (χ4n) is 3.66. The first-order valence-corrected chi connectivity index (χ1v) is 7.37. The maximum Gasteiger partial charge on any atom is 0.119 e. The van der Waals surface area contributed by atoms with Crippen LogP contribution in [0.3, 0.4) is 0 Å². The number of fused-ring (bicyclic) bond motifs is 1. The molecule has 0 saturated carbocycles. The molecule has 0 aliphatic heterocycles. The van der Waals surface area contributed by atoms with E-state index in [9.17, 15) is 0 Å². The fourth-order valence-corrected chi connectivity index (χ4v) is 3.66. The molecule has 0 N–H and O–H groups in total. The highest BCUT2D eigenvalue weighted by molar-refractivity contribution is 5.58. The van der Waals surface area contributed by atoms with Crippen molar-refractivity contribution in [1.29, 1.82) is 0 Å². The fraction of sp³-hybridized carbons (Fsp3) is 0.368. The van der Waals surface area contributed by atoms with Crippen molar-refractivity contribution in [2.24, 2.45) is 0 Å². The molecule has 2 aromatic carbocycles. The maximum absolute atomic E-state index is 5.37. The Labute approximate surface area is 126 Å². The second-order valence-electron chi connectivity index (χ2n) is 5.95. The summed E-state index contributed by atoms with van der Waals surface area (Å²) in [5.74, 6) is 2.42. The standard InChI is InChI=1S/C19H22O2/c1-11-6-15(20-4)7-12(2)18(11)17-10-14-9-16(21-5)8-13(3)19(14)17/h6-9,17H,10H2,1-5H3. The minimum absolute atomic E-state index is 0.511. The van der Waals surface area contributed by atoms with Crippen LogP contribution in [0.1, 0.15) is 39.3 Å². The van der Waals surface area contributed by atoms with Gasteiger partial charge in [-0.25, -0.2) is 0 Å². The van der Waals surface area contributed by atoms with Gasteiger partial charge in [0.2, 0.25) is 0 Å². The Balaban J connectivity index is 2.05. The molecule has 2 heteroatoms. The summed E-state index contributed by atoms with van der Waals surface area (Å²) in [5, 5.41) is 0. The Morgan fingerprint density at radius 1 is 0.762 bits per heavy atom. The molecule has 1 aliphatic rings. The molecule has 1 unspecified atom stereocenters. The van der Waals surface area contributed by atoms with Crippen LogP contribution in [-0.2, 0) is 6.42 Å². The number of rotatable bonds is 3. The summed E-state index contributed by atoms with van der Waals surface area (Å²) in [6, 6.07) is 8.59. The van der Waals surface area contributed by atoms with E-state index in [1.165, 1.54) is 33.4 Å². The molecule has 3 rings (SSSR count). The lowest BCUT2D eigenvalue weighted by Gasteiger charge is -2.35. The Bertz CT molecular complexity index is 661. The van der Waals surface area contributed by atoms with Crippen molar-refractivity contribution in [3.8, 4) is 11.5 Å². The van der Waals surface area contributed by atoms with Crippen LogP contribution in [0.15, 0.2) is 24.3 Å². The summed E-state index contributed by atoms with van der Waals surface area (Å²) in [6.07, 6.45) is 1.10. The summed E-state index contributed by atoms with van der Waals surface area (Å²) >= 11 is 0. The summed E-state index contributed by atoms with van der Waals surface area (Å²) in [5.41, 5.74) is 8.32. The molecule has 0 radical (unpaired) electrons. The van der Waals surface area contributed by atoms with E-state index in [-0.39, 0.29) is 0 Å². The van der Waals surface area contributed by atoms with Gasteiger partial charge in [-0.2, -0.15) is 0 Å². The molecule has 21 heavy (non-hydrogen) atoms. The zero-order valence-corrected chi connectivity index (χ0v) is 13.4. The molecule has 0 fully saturated rings. The molecule has 0 spiro atoms. The van der Waals surface area contributed by atoms with E-state index in [0.29, 0.717) is 5.92 Å². The zero-order valence-electron chi connectivity index (χ0n) is 13.4. The Hall–Kier alpha value is -1.96. The van der Waals surface area contributed by atoms with Crippen molar-refractivity contribution < 1.29 is 9.47 Å². The molecule has 110 valence electrons. The number of aryl methyl sites for hydroxylation is 3. The molecule has 1 aliphatic carbocycles. The average molecular weight is 282 g/mol. The third kappa shape index (κ3) is 2.19. The van der Waals surface area contributed by atoms with Gasteiger partial charge in [-0.3, -0.25) is 0 Å². The number of hydrogen-bond donors (Lipinski definition) is 0. The molecule has 1 atom stereocenters. The predicted octanol–water partition coefficient (Wildman–Crippen LogP) is 4.32. The van der Waals surface area contributed by atoms with Gasteiger partial charge in [0.1, 0.15) is 11.5 Å². The SMILES string of the molecule is COc1cc(C)c(C2Cc3cc(OC)cc(C)c32)c(C)c1. The van der Waals surface area contributed by atoms with Gasteiger partial charge in [-0.1, -0.05) is 0 Å². The summed E-state index contributed by atoms with van der Waals surface area (Å²) in [7, 11) is 3.46.